The Morgan fingerprint density at radius 3 is 2.83 bits per heavy atom. The van der Waals surface area contributed by atoms with Gasteiger partial charge >= 0.3 is 0 Å². The summed E-state index contributed by atoms with van der Waals surface area (Å²) in [5.41, 5.74) is 7.79. The van der Waals surface area contributed by atoms with Crippen LogP contribution in [0.4, 0.5) is 4.39 Å². The standard InChI is InChI=1S/C14H21FN2S/c1-14(2)10-17(5-6-18-14)9-12-7-13(15)4-3-11(12)8-16/h3-4,7H,5-6,8-10,16H2,1-2H3. The van der Waals surface area contributed by atoms with Gasteiger partial charge in [0.25, 0.3) is 0 Å². The van der Waals surface area contributed by atoms with Gasteiger partial charge in [0.15, 0.2) is 0 Å². The highest BCUT2D eigenvalue weighted by atomic mass is 32.2. The molecule has 0 aromatic heterocycles. The molecule has 1 aliphatic rings. The summed E-state index contributed by atoms with van der Waals surface area (Å²) in [5, 5.41) is 0. The molecule has 2 rings (SSSR count). The summed E-state index contributed by atoms with van der Waals surface area (Å²) in [6, 6.07) is 4.91. The number of hydrogen-bond donors (Lipinski definition) is 1. The van der Waals surface area contributed by atoms with E-state index in [1.165, 1.54) is 6.07 Å². The highest BCUT2D eigenvalue weighted by Crippen LogP contribution is 2.30. The smallest absolute Gasteiger partial charge is 0.123 e. The van der Waals surface area contributed by atoms with Crippen molar-refractivity contribution >= 4 is 11.8 Å². The van der Waals surface area contributed by atoms with Gasteiger partial charge in [0.1, 0.15) is 5.82 Å². The van der Waals surface area contributed by atoms with Crippen molar-refractivity contribution in [1.29, 1.82) is 0 Å². The molecule has 4 heteroatoms. The van der Waals surface area contributed by atoms with Crippen molar-refractivity contribution in [2.75, 3.05) is 18.8 Å². The molecule has 18 heavy (non-hydrogen) atoms. The molecular weight excluding hydrogens is 247 g/mol. The topological polar surface area (TPSA) is 29.3 Å². The largest absolute Gasteiger partial charge is 0.326 e. The second kappa shape index (κ2) is 5.59. The van der Waals surface area contributed by atoms with Gasteiger partial charge in [0, 0.05) is 36.7 Å². The number of benzene rings is 1. The zero-order valence-electron chi connectivity index (χ0n) is 11.1. The predicted molar refractivity (Wildman–Crippen MR) is 76.1 cm³/mol. The van der Waals surface area contributed by atoms with E-state index < -0.39 is 0 Å². The number of nitrogens with zero attached hydrogens (tertiary/aromatic N) is 1. The van der Waals surface area contributed by atoms with Gasteiger partial charge in [-0.1, -0.05) is 6.07 Å². The van der Waals surface area contributed by atoms with E-state index in [-0.39, 0.29) is 10.6 Å². The van der Waals surface area contributed by atoms with E-state index in [1.54, 1.807) is 12.1 Å². The molecule has 100 valence electrons. The van der Waals surface area contributed by atoms with Crippen LogP contribution in [0.15, 0.2) is 18.2 Å². The van der Waals surface area contributed by atoms with E-state index in [4.69, 9.17) is 5.73 Å². The minimum absolute atomic E-state index is 0.173. The molecule has 1 heterocycles. The van der Waals surface area contributed by atoms with Crippen molar-refractivity contribution in [3.8, 4) is 0 Å². The first-order valence-corrected chi connectivity index (χ1v) is 7.32. The fraction of sp³-hybridized carbons (Fsp3) is 0.571. The van der Waals surface area contributed by atoms with Crippen molar-refractivity contribution < 1.29 is 4.39 Å². The number of nitrogens with two attached hydrogens (primary N) is 1. The lowest BCUT2D eigenvalue weighted by Gasteiger charge is -2.37. The van der Waals surface area contributed by atoms with Gasteiger partial charge in [-0.3, -0.25) is 4.90 Å². The molecular formula is C14H21FN2S. The Hall–Kier alpha value is -0.580. The van der Waals surface area contributed by atoms with Crippen LogP contribution in [0, 0.1) is 5.82 Å². The molecule has 0 bridgehead atoms. The van der Waals surface area contributed by atoms with Crippen molar-refractivity contribution in [2.45, 2.75) is 31.7 Å². The zero-order valence-corrected chi connectivity index (χ0v) is 11.9. The molecule has 1 aliphatic heterocycles. The van der Waals surface area contributed by atoms with Gasteiger partial charge < -0.3 is 5.73 Å². The fourth-order valence-corrected chi connectivity index (χ4v) is 3.61. The van der Waals surface area contributed by atoms with Crippen LogP contribution >= 0.6 is 11.8 Å². The van der Waals surface area contributed by atoms with E-state index in [0.717, 1.165) is 36.5 Å². The first kappa shape index (κ1) is 13.8. The van der Waals surface area contributed by atoms with Crippen LogP contribution in [-0.4, -0.2) is 28.5 Å². The Morgan fingerprint density at radius 1 is 1.39 bits per heavy atom. The van der Waals surface area contributed by atoms with Crippen LogP contribution in [0.1, 0.15) is 25.0 Å². The summed E-state index contributed by atoms with van der Waals surface area (Å²) in [5.74, 6) is 0.966. The average Bonchev–Trinajstić information content (AvgIpc) is 2.28. The second-order valence-corrected chi connectivity index (χ2v) is 7.24. The molecule has 0 atom stereocenters. The Balaban J connectivity index is 2.11. The molecule has 1 aromatic rings. The fourth-order valence-electron chi connectivity index (χ4n) is 2.43. The maximum Gasteiger partial charge on any atom is 0.123 e. The molecule has 0 saturated carbocycles. The van der Waals surface area contributed by atoms with E-state index >= 15 is 0 Å². The molecule has 0 unspecified atom stereocenters. The highest BCUT2D eigenvalue weighted by molar-refractivity contribution is 8.00. The number of rotatable bonds is 3. The summed E-state index contributed by atoms with van der Waals surface area (Å²) in [4.78, 5) is 2.39. The lowest BCUT2D eigenvalue weighted by atomic mass is 10.1. The van der Waals surface area contributed by atoms with E-state index in [1.807, 2.05) is 11.8 Å². The van der Waals surface area contributed by atoms with Crippen molar-refractivity contribution in [3.05, 3.63) is 35.1 Å². The van der Waals surface area contributed by atoms with Gasteiger partial charge in [-0.15, -0.1) is 0 Å². The van der Waals surface area contributed by atoms with Crippen LogP contribution in [0.5, 0.6) is 0 Å². The quantitative estimate of drug-likeness (QED) is 0.913. The summed E-state index contributed by atoms with van der Waals surface area (Å²) in [6.45, 7) is 7.90. The monoisotopic (exact) mass is 268 g/mol. The van der Waals surface area contributed by atoms with Crippen LogP contribution in [0.25, 0.3) is 0 Å². The third kappa shape index (κ3) is 3.46. The maximum absolute atomic E-state index is 13.3. The third-order valence-corrected chi connectivity index (χ3v) is 4.58. The zero-order chi connectivity index (χ0) is 13.2. The van der Waals surface area contributed by atoms with Crippen LogP contribution in [-0.2, 0) is 13.1 Å². The molecule has 0 aliphatic carbocycles. The molecule has 1 fully saturated rings. The van der Waals surface area contributed by atoms with Crippen LogP contribution in [0.2, 0.25) is 0 Å². The maximum atomic E-state index is 13.3. The molecule has 2 nitrogen and oxygen atoms in total. The predicted octanol–water partition coefficient (Wildman–Crippen LogP) is 2.61. The third-order valence-electron chi connectivity index (χ3n) is 3.29. The SMILES string of the molecule is CC1(C)CN(Cc2cc(F)ccc2CN)CCS1. The Bertz CT molecular complexity index is 420. The molecule has 0 radical (unpaired) electrons. The van der Waals surface area contributed by atoms with E-state index in [0.29, 0.717) is 6.54 Å². The molecule has 2 N–H and O–H groups in total. The number of thioether (sulfide) groups is 1. The highest BCUT2D eigenvalue weighted by Gasteiger charge is 2.27. The molecule has 1 aromatic carbocycles. The summed E-state index contributed by atoms with van der Waals surface area (Å²) >= 11 is 2.01. The van der Waals surface area contributed by atoms with E-state index in [2.05, 4.69) is 18.7 Å². The van der Waals surface area contributed by atoms with E-state index in [9.17, 15) is 4.39 Å². The van der Waals surface area contributed by atoms with Crippen LogP contribution in [0.3, 0.4) is 0 Å². The summed E-state index contributed by atoms with van der Waals surface area (Å²) in [7, 11) is 0. The van der Waals surface area contributed by atoms with Gasteiger partial charge in [0.05, 0.1) is 0 Å². The number of halogens is 1. The minimum atomic E-state index is -0.173. The molecule has 0 amide bonds. The Labute approximate surface area is 113 Å². The van der Waals surface area contributed by atoms with Crippen molar-refractivity contribution in [2.24, 2.45) is 5.73 Å². The first-order chi connectivity index (χ1) is 8.50. The van der Waals surface area contributed by atoms with Crippen molar-refractivity contribution in [3.63, 3.8) is 0 Å². The minimum Gasteiger partial charge on any atom is -0.326 e. The average molecular weight is 268 g/mol. The summed E-state index contributed by atoms with van der Waals surface area (Å²) in [6.07, 6.45) is 0. The molecule has 0 spiro atoms. The lowest BCUT2D eigenvalue weighted by Crippen LogP contribution is -2.42. The first-order valence-electron chi connectivity index (χ1n) is 6.34. The van der Waals surface area contributed by atoms with Gasteiger partial charge in [-0.25, -0.2) is 4.39 Å². The van der Waals surface area contributed by atoms with Crippen LogP contribution < -0.4 is 5.73 Å². The normalized spacial score (nSPS) is 20.0. The van der Waals surface area contributed by atoms with Gasteiger partial charge in [0.2, 0.25) is 0 Å². The second-order valence-electron chi connectivity index (χ2n) is 5.44. The molecule has 1 saturated heterocycles. The van der Waals surface area contributed by atoms with Gasteiger partial charge in [-0.2, -0.15) is 11.8 Å². The summed E-state index contributed by atoms with van der Waals surface area (Å²) < 4.78 is 13.6. The number of hydrogen-bond acceptors (Lipinski definition) is 3. The Morgan fingerprint density at radius 2 is 2.17 bits per heavy atom. The van der Waals surface area contributed by atoms with Gasteiger partial charge in [-0.05, 0) is 37.1 Å². The Kier molecular flexibility index (Phi) is 4.30. The van der Waals surface area contributed by atoms with Crippen molar-refractivity contribution in [1.82, 2.24) is 4.90 Å². The lowest BCUT2D eigenvalue weighted by molar-refractivity contribution is 0.251.